The van der Waals surface area contributed by atoms with Gasteiger partial charge in [0.05, 0.1) is 0 Å². The summed E-state index contributed by atoms with van der Waals surface area (Å²) in [7, 11) is 0. The molecule has 0 fully saturated rings. The van der Waals surface area contributed by atoms with Crippen molar-refractivity contribution in [2.24, 2.45) is 0 Å². The first kappa shape index (κ1) is 13.5. The Balaban J connectivity index is 2.20. The van der Waals surface area contributed by atoms with Crippen LogP contribution in [-0.4, -0.2) is 11.0 Å². The third kappa shape index (κ3) is 3.54. The van der Waals surface area contributed by atoms with Gasteiger partial charge in [0.25, 0.3) is 0 Å². The number of rotatable bonds is 5. The highest BCUT2D eigenvalue weighted by Crippen LogP contribution is 2.32. The molecule has 2 nitrogen and oxygen atoms in total. The quantitative estimate of drug-likeness (QED) is 0.899. The Kier molecular flexibility index (Phi) is 4.74. The molecule has 0 aliphatic rings. The maximum atomic E-state index is 13.9. The van der Waals surface area contributed by atoms with E-state index in [1.807, 2.05) is 11.4 Å². The van der Waals surface area contributed by atoms with Crippen LogP contribution >= 0.6 is 23.1 Å². The van der Waals surface area contributed by atoms with E-state index in [1.165, 1.54) is 17.8 Å². The Labute approximate surface area is 115 Å². The Hall–Kier alpha value is -0.910. The third-order valence-corrected chi connectivity index (χ3v) is 4.36. The van der Waals surface area contributed by atoms with Crippen molar-refractivity contribution in [1.82, 2.24) is 10.3 Å². The van der Waals surface area contributed by atoms with Crippen molar-refractivity contribution in [3.63, 3.8) is 0 Å². The van der Waals surface area contributed by atoms with Crippen LogP contribution in [0.5, 0.6) is 0 Å². The van der Waals surface area contributed by atoms with E-state index >= 15 is 0 Å². The fraction of sp³-hybridized carbons (Fsp3) is 0.308. The van der Waals surface area contributed by atoms with Gasteiger partial charge in [-0.2, -0.15) is 0 Å². The van der Waals surface area contributed by atoms with Gasteiger partial charge in [0.15, 0.2) is 4.34 Å². The number of thiazole rings is 1. The summed E-state index contributed by atoms with van der Waals surface area (Å²) in [4.78, 5) is 5.14. The average molecular weight is 282 g/mol. The fourth-order valence-corrected chi connectivity index (χ4v) is 3.20. The summed E-state index contributed by atoms with van der Waals surface area (Å²) >= 11 is 3.08. The van der Waals surface area contributed by atoms with Crippen LogP contribution in [0.2, 0.25) is 0 Å². The molecule has 0 spiro atoms. The average Bonchev–Trinajstić information content (AvgIpc) is 2.81. The molecule has 18 heavy (non-hydrogen) atoms. The SMILES string of the molecule is CC(C)NCc1c(F)cccc1Sc1nccs1. The molecule has 0 amide bonds. The zero-order chi connectivity index (χ0) is 13.0. The molecule has 0 radical (unpaired) electrons. The molecule has 2 aromatic rings. The molecule has 1 heterocycles. The van der Waals surface area contributed by atoms with E-state index in [0.717, 1.165) is 9.24 Å². The van der Waals surface area contributed by atoms with Crippen LogP contribution in [0.1, 0.15) is 19.4 Å². The van der Waals surface area contributed by atoms with Crippen LogP contribution in [0, 0.1) is 5.82 Å². The molecular formula is C13H15FN2S2. The third-order valence-electron chi connectivity index (χ3n) is 2.37. The molecule has 0 aliphatic heterocycles. The molecule has 1 N–H and O–H groups in total. The number of halogens is 1. The van der Waals surface area contributed by atoms with Gasteiger partial charge in [0.1, 0.15) is 5.82 Å². The largest absolute Gasteiger partial charge is 0.310 e. The second-order valence-corrected chi connectivity index (χ2v) is 6.34. The van der Waals surface area contributed by atoms with Gasteiger partial charge in [-0.15, -0.1) is 11.3 Å². The van der Waals surface area contributed by atoms with Crippen LogP contribution in [0.25, 0.3) is 0 Å². The van der Waals surface area contributed by atoms with Gasteiger partial charge in [0.2, 0.25) is 0 Å². The van der Waals surface area contributed by atoms with Crippen molar-refractivity contribution in [2.75, 3.05) is 0 Å². The summed E-state index contributed by atoms with van der Waals surface area (Å²) < 4.78 is 14.8. The zero-order valence-corrected chi connectivity index (χ0v) is 11.9. The van der Waals surface area contributed by atoms with Crippen LogP contribution in [0.3, 0.4) is 0 Å². The van der Waals surface area contributed by atoms with Crippen LogP contribution < -0.4 is 5.32 Å². The van der Waals surface area contributed by atoms with Gasteiger partial charge in [-0.1, -0.05) is 31.7 Å². The van der Waals surface area contributed by atoms with Crippen LogP contribution in [0.4, 0.5) is 4.39 Å². The number of hydrogen-bond donors (Lipinski definition) is 1. The van der Waals surface area contributed by atoms with E-state index in [2.05, 4.69) is 24.1 Å². The van der Waals surface area contributed by atoms with Gasteiger partial charge < -0.3 is 5.32 Å². The van der Waals surface area contributed by atoms with E-state index in [-0.39, 0.29) is 5.82 Å². The molecular weight excluding hydrogens is 267 g/mol. The lowest BCUT2D eigenvalue weighted by molar-refractivity contribution is 0.546. The molecule has 1 aromatic carbocycles. The van der Waals surface area contributed by atoms with Crippen molar-refractivity contribution in [3.8, 4) is 0 Å². The Morgan fingerprint density at radius 2 is 2.28 bits per heavy atom. The van der Waals surface area contributed by atoms with Crippen LogP contribution in [-0.2, 0) is 6.54 Å². The first-order chi connectivity index (χ1) is 8.66. The first-order valence-electron chi connectivity index (χ1n) is 5.75. The highest BCUT2D eigenvalue weighted by molar-refractivity contribution is 8.01. The van der Waals surface area contributed by atoms with E-state index in [1.54, 1.807) is 23.6 Å². The molecule has 0 bridgehead atoms. The van der Waals surface area contributed by atoms with Crippen molar-refractivity contribution in [1.29, 1.82) is 0 Å². The van der Waals surface area contributed by atoms with Crippen molar-refractivity contribution < 1.29 is 4.39 Å². The molecule has 5 heteroatoms. The minimum absolute atomic E-state index is 0.162. The fourth-order valence-electron chi connectivity index (χ4n) is 1.47. The molecule has 1 aromatic heterocycles. The Morgan fingerprint density at radius 3 is 2.94 bits per heavy atom. The summed E-state index contributed by atoms with van der Waals surface area (Å²) in [5.41, 5.74) is 0.714. The number of benzene rings is 1. The highest BCUT2D eigenvalue weighted by Gasteiger charge is 2.11. The molecule has 0 atom stereocenters. The molecule has 96 valence electrons. The molecule has 2 rings (SSSR count). The topological polar surface area (TPSA) is 24.9 Å². The lowest BCUT2D eigenvalue weighted by Crippen LogP contribution is -2.22. The molecule has 0 aliphatic carbocycles. The minimum atomic E-state index is -0.162. The predicted molar refractivity (Wildman–Crippen MR) is 74.6 cm³/mol. The smallest absolute Gasteiger partial charge is 0.154 e. The van der Waals surface area contributed by atoms with E-state index in [9.17, 15) is 4.39 Å². The van der Waals surface area contributed by atoms with Gasteiger partial charge >= 0.3 is 0 Å². The summed E-state index contributed by atoms with van der Waals surface area (Å²) in [5, 5.41) is 5.18. The van der Waals surface area contributed by atoms with Crippen LogP contribution in [0.15, 0.2) is 39.0 Å². The number of aromatic nitrogens is 1. The molecule has 0 unspecified atom stereocenters. The van der Waals surface area contributed by atoms with Gasteiger partial charge in [-0.05, 0) is 12.1 Å². The summed E-state index contributed by atoms with van der Waals surface area (Å²) in [6, 6.07) is 5.52. The predicted octanol–water partition coefficient (Wildman–Crippen LogP) is 3.93. The monoisotopic (exact) mass is 282 g/mol. The minimum Gasteiger partial charge on any atom is -0.310 e. The number of nitrogens with zero attached hydrogens (tertiary/aromatic N) is 1. The van der Waals surface area contributed by atoms with E-state index in [0.29, 0.717) is 18.2 Å². The van der Waals surface area contributed by atoms with E-state index in [4.69, 9.17) is 0 Å². The summed E-state index contributed by atoms with van der Waals surface area (Å²) in [6.45, 7) is 4.64. The number of hydrogen-bond acceptors (Lipinski definition) is 4. The van der Waals surface area contributed by atoms with Crippen molar-refractivity contribution in [2.45, 2.75) is 35.7 Å². The second kappa shape index (κ2) is 6.31. The summed E-state index contributed by atoms with van der Waals surface area (Å²) in [6.07, 6.45) is 1.76. The van der Waals surface area contributed by atoms with Crippen molar-refractivity contribution in [3.05, 3.63) is 41.2 Å². The maximum absolute atomic E-state index is 13.9. The normalized spacial score (nSPS) is 11.1. The molecule has 0 saturated carbocycles. The Morgan fingerprint density at radius 1 is 1.44 bits per heavy atom. The molecule has 0 saturated heterocycles. The lowest BCUT2D eigenvalue weighted by Gasteiger charge is -2.12. The zero-order valence-electron chi connectivity index (χ0n) is 10.3. The number of nitrogens with one attached hydrogen (secondary N) is 1. The van der Waals surface area contributed by atoms with Crippen molar-refractivity contribution >= 4 is 23.1 Å². The van der Waals surface area contributed by atoms with Gasteiger partial charge in [-0.3, -0.25) is 0 Å². The Bertz CT molecular complexity index is 498. The van der Waals surface area contributed by atoms with Gasteiger partial charge in [0, 0.05) is 34.6 Å². The second-order valence-electron chi connectivity index (χ2n) is 4.15. The lowest BCUT2D eigenvalue weighted by atomic mass is 10.2. The maximum Gasteiger partial charge on any atom is 0.154 e. The van der Waals surface area contributed by atoms with Gasteiger partial charge in [-0.25, -0.2) is 9.37 Å². The highest BCUT2D eigenvalue weighted by atomic mass is 32.2. The standard InChI is InChI=1S/C13H15FN2S2/c1-9(2)16-8-10-11(14)4-3-5-12(10)18-13-15-6-7-17-13/h3-7,9,16H,8H2,1-2H3. The summed E-state index contributed by atoms with van der Waals surface area (Å²) in [5.74, 6) is -0.162. The van der Waals surface area contributed by atoms with E-state index < -0.39 is 0 Å². The first-order valence-corrected chi connectivity index (χ1v) is 7.44.